The molecule has 1 atom stereocenters. The predicted molar refractivity (Wildman–Crippen MR) is 51.3 cm³/mol. The molecule has 1 aliphatic heterocycles. The molecular weight excluding hydrogens is 150 g/mol. The summed E-state index contributed by atoms with van der Waals surface area (Å²) in [5.74, 6) is 0. The number of rotatable bonds is 3. The van der Waals surface area contributed by atoms with Crippen LogP contribution in [0.4, 0.5) is 0 Å². The Balaban J connectivity index is 2.02. The van der Waals surface area contributed by atoms with Crippen LogP contribution in [0.25, 0.3) is 0 Å². The van der Waals surface area contributed by atoms with Crippen molar-refractivity contribution in [1.82, 2.24) is 5.32 Å². The van der Waals surface area contributed by atoms with Gasteiger partial charge in [0.1, 0.15) is 0 Å². The summed E-state index contributed by atoms with van der Waals surface area (Å²) in [4.78, 5) is 0. The zero-order valence-corrected chi connectivity index (χ0v) is 8.52. The van der Waals surface area contributed by atoms with Gasteiger partial charge in [0.05, 0.1) is 6.10 Å². The highest BCUT2D eigenvalue weighted by molar-refractivity contribution is 4.72. The third-order valence-electron chi connectivity index (χ3n) is 2.15. The molecule has 0 saturated carbocycles. The molecule has 2 nitrogen and oxygen atoms in total. The molecular formula is C10H21NO. The number of nitrogens with one attached hydrogen (secondary N) is 1. The van der Waals surface area contributed by atoms with Crippen molar-refractivity contribution < 1.29 is 4.74 Å². The van der Waals surface area contributed by atoms with Gasteiger partial charge in [-0.05, 0) is 46.6 Å². The van der Waals surface area contributed by atoms with Crippen LogP contribution in [0.3, 0.4) is 0 Å². The van der Waals surface area contributed by atoms with Crippen molar-refractivity contribution in [2.45, 2.75) is 51.7 Å². The molecule has 0 bridgehead atoms. The summed E-state index contributed by atoms with van der Waals surface area (Å²) in [5.41, 5.74) is 0.249. The molecule has 12 heavy (non-hydrogen) atoms. The van der Waals surface area contributed by atoms with Gasteiger partial charge >= 0.3 is 0 Å². The van der Waals surface area contributed by atoms with E-state index in [9.17, 15) is 0 Å². The number of ether oxygens (including phenoxy) is 1. The van der Waals surface area contributed by atoms with Crippen molar-refractivity contribution in [2.24, 2.45) is 0 Å². The summed E-state index contributed by atoms with van der Waals surface area (Å²) >= 11 is 0. The second-order valence-electron chi connectivity index (χ2n) is 4.60. The molecule has 1 fully saturated rings. The van der Waals surface area contributed by atoms with Gasteiger partial charge in [0, 0.05) is 12.1 Å². The van der Waals surface area contributed by atoms with Gasteiger partial charge in [0.15, 0.2) is 0 Å². The van der Waals surface area contributed by atoms with E-state index in [0.29, 0.717) is 6.10 Å². The summed E-state index contributed by atoms with van der Waals surface area (Å²) in [5, 5.41) is 3.47. The molecule has 0 aliphatic carbocycles. The van der Waals surface area contributed by atoms with Crippen LogP contribution < -0.4 is 5.32 Å². The maximum Gasteiger partial charge on any atom is 0.0588 e. The molecule has 1 rings (SSSR count). The number of hydrogen-bond donors (Lipinski definition) is 1. The van der Waals surface area contributed by atoms with Crippen molar-refractivity contribution in [3.8, 4) is 0 Å². The SMILES string of the molecule is CC(C)(C)NCCC1CCCO1. The normalized spacial score (nSPS) is 24.8. The van der Waals surface area contributed by atoms with Gasteiger partial charge in [-0.15, -0.1) is 0 Å². The standard InChI is InChI=1S/C10H21NO/c1-10(2,3)11-7-6-9-5-4-8-12-9/h9,11H,4-8H2,1-3H3. The van der Waals surface area contributed by atoms with Gasteiger partial charge < -0.3 is 10.1 Å². The Morgan fingerprint density at radius 1 is 1.42 bits per heavy atom. The lowest BCUT2D eigenvalue weighted by Gasteiger charge is -2.21. The van der Waals surface area contributed by atoms with Gasteiger partial charge in [-0.1, -0.05) is 0 Å². The average Bonchev–Trinajstić information content (AvgIpc) is 2.36. The zero-order chi connectivity index (χ0) is 9.03. The first kappa shape index (κ1) is 10.0. The molecule has 2 heteroatoms. The lowest BCUT2D eigenvalue weighted by Crippen LogP contribution is -2.37. The molecule has 1 N–H and O–H groups in total. The van der Waals surface area contributed by atoms with Gasteiger partial charge in [-0.3, -0.25) is 0 Å². The summed E-state index contributed by atoms with van der Waals surface area (Å²) in [6.07, 6.45) is 4.20. The first-order valence-electron chi connectivity index (χ1n) is 4.94. The molecule has 1 unspecified atom stereocenters. The molecule has 0 radical (unpaired) electrons. The Morgan fingerprint density at radius 3 is 2.67 bits per heavy atom. The fourth-order valence-electron chi connectivity index (χ4n) is 1.48. The van der Waals surface area contributed by atoms with E-state index in [-0.39, 0.29) is 5.54 Å². The summed E-state index contributed by atoms with van der Waals surface area (Å²) < 4.78 is 5.53. The van der Waals surface area contributed by atoms with Gasteiger partial charge in [0.2, 0.25) is 0 Å². The minimum atomic E-state index is 0.249. The smallest absolute Gasteiger partial charge is 0.0588 e. The Bertz CT molecular complexity index is 122. The van der Waals surface area contributed by atoms with E-state index >= 15 is 0 Å². The Morgan fingerprint density at radius 2 is 2.17 bits per heavy atom. The molecule has 0 aromatic heterocycles. The van der Waals surface area contributed by atoms with E-state index in [1.807, 2.05) is 0 Å². The van der Waals surface area contributed by atoms with Gasteiger partial charge in [0.25, 0.3) is 0 Å². The fraction of sp³-hybridized carbons (Fsp3) is 1.00. The molecule has 1 heterocycles. The monoisotopic (exact) mass is 171 g/mol. The van der Waals surface area contributed by atoms with E-state index < -0.39 is 0 Å². The van der Waals surface area contributed by atoms with Crippen LogP contribution in [0.1, 0.15) is 40.0 Å². The van der Waals surface area contributed by atoms with Crippen molar-refractivity contribution >= 4 is 0 Å². The average molecular weight is 171 g/mol. The van der Waals surface area contributed by atoms with E-state index in [1.165, 1.54) is 12.8 Å². The third kappa shape index (κ3) is 4.07. The molecule has 1 aliphatic rings. The quantitative estimate of drug-likeness (QED) is 0.700. The van der Waals surface area contributed by atoms with E-state index in [0.717, 1.165) is 19.6 Å². The highest BCUT2D eigenvalue weighted by Crippen LogP contribution is 2.14. The van der Waals surface area contributed by atoms with E-state index in [2.05, 4.69) is 26.1 Å². The van der Waals surface area contributed by atoms with Crippen molar-refractivity contribution in [3.05, 3.63) is 0 Å². The van der Waals surface area contributed by atoms with Crippen LogP contribution >= 0.6 is 0 Å². The minimum absolute atomic E-state index is 0.249. The fourth-order valence-corrected chi connectivity index (χ4v) is 1.48. The lowest BCUT2D eigenvalue weighted by atomic mass is 10.1. The summed E-state index contributed by atoms with van der Waals surface area (Å²) in [6, 6.07) is 0. The molecule has 0 aromatic rings. The molecule has 72 valence electrons. The second-order valence-corrected chi connectivity index (χ2v) is 4.60. The van der Waals surface area contributed by atoms with Crippen LogP contribution in [0.15, 0.2) is 0 Å². The molecule has 0 spiro atoms. The zero-order valence-electron chi connectivity index (χ0n) is 8.52. The maximum absolute atomic E-state index is 5.53. The predicted octanol–water partition coefficient (Wildman–Crippen LogP) is 1.94. The lowest BCUT2D eigenvalue weighted by molar-refractivity contribution is 0.102. The van der Waals surface area contributed by atoms with Crippen molar-refractivity contribution in [3.63, 3.8) is 0 Å². The topological polar surface area (TPSA) is 21.3 Å². The highest BCUT2D eigenvalue weighted by atomic mass is 16.5. The van der Waals surface area contributed by atoms with Crippen LogP contribution in [-0.2, 0) is 4.74 Å². The van der Waals surface area contributed by atoms with Crippen LogP contribution in [0.2, 0.25) is 0 Å². The van der Waals surface area contributed by atoms with E-state index in [1.54, 1.807) is 0 Å². The van der Waals surface area contributed by atoms with Crippen LogP contribution in [0.5, 0.6) is 0 Å². The van der Waals surface area contributed by atoms with Crippen LogP contribution in [-0.4, -0.2) is 24.8 Å². The third-order valence-corrected chi connectivity index (χ3v) is 2.15. The van der Waals surface area contributed by atoms with Gasteiger partial charge in [-0.25, -0.2) is 0 Å². The van der Waals surface area contributed by atoms with Crippen molar-refractivity contribution in [2.75, 3.05) is 13.2 Å². The Labute approximate surface area is 75.7 Å². The van der Waals surface area contributed by atoms with Crippen LogP contribution in [0, 0.1) is 0 Å². The second kappa shape index (κ2) is 4.24. The first-order valence-corrected chi connectivity index (χ1v) is 4.94. The number of hydrogen-bond acceptors (Lipinski definition) is 2. The highest BCUT2D eigenvalue weighted by Gasteiger charge is 2.16. The summed E-state index contributed by atoms with van der Waals surface area (Å²) in [7, 11) is 0. The maximum atomic E-state index is 5.53. The van der Waals surface area contributed by atoms with Gasteiger partial charge in [-0.2, -0.15) is 0 Å². The van der Waals surface area contributed by atoms with E-state index in [4.69, 9.17) is 4.74 Å². The Hall–Kier alpha value is -0.0800. The largest absolute Gasteiger partial charge is 0.378 e. The van der Waals surface area contributed by atoms with Crippen molar-refractivity contribution in [1.29, 1.82) is 0 Å². The Kier molecular flexibility index (Phi) is 3.53. The molecule has 0 aromatic carbocycles. The minimum Gasteiger partial charge on any atom is -0.378 e. The molecule has 1 saturated heterocycles. The molecule has 0 amide bonds. The summed E-state index contributed by atoms with van der Waals surface area (Å²) in [6.45, 7) is 8.64. The first-order chi connectivity index (χ1) is 5.58.